The van der Waals surface area contributed by atoms with Gasteiger partial charge in [0.05, 0.1) is 10.4 Å². The van der Waals surface area contributed by atoms with Gasteiger partial charge in [0.2, 0.25) is 10.0 Å². The summed E-state index contributed by atoms with van der Waals surface area (Å²) in [6.45, 7) is 0. The number of nitrogens with zero attached hydrogens (tertiary/aromatic N) is 1. The van der Waals surface area contributed by atoms with Crippen LogP contribution in [0.2, 0.25) is 0 Å². The fraction of sp³-hybridized carbons (Fsp3) is 0.125. The predicted molar refractivity (Wildman–Crippen MR) is 92.1 cm³/mol. The molecule has 0 aliphatic heterocycles. The van der Waals surface area contributed by atoms with Crippen molar-refractivity contribution in [3.05, 3.63) is 58.6 Å². The first-order chi connectivity index (χ1) is 11.8. The maximum atomic E-state index is 12.3. The van der Waals surface area contributed by atoms with Crippen LogP contribution in [0.25, 0.3) is 11.1 Å². The molecule has 9 heteroatoms. The molecule has 2 aromatic carbocycles. The van der Waals surface area contributed by atoms with Gasteiger partial charge >= 0.3 is 5.76 Å². The molecule has 3 aromatic rings. The van der Waals surface area contributed by atoms with Crippen LogP contribution in [0, 0.1) is 0 Å². The van der Waals surface area contributed by atoms with Crippen LogP contribution in [-0.2, 0) is 10.0 Å². The van der Waals surface area contributed by atoms with E-state index in [1.165, 1.54) is 44.4 Å². The Morgan fingerprint density at radius 1 is 1.12 bits per heavy atom. The van der Waals surface area contributed by atoms with E-state index in [1.807, 2.05) is 0 Å². The maximum Gasteiger partial charge on any atom is 0.417 e. The Bertz CT molecular complexity index is 1090. The molecule has 0 fully saturated rings. The van der Waals surface area contributed by atoms with Crippen molar-refractivity contribution in [3.63, 3.8) is 0 Å². The number of oxazole rings is 1. The number of aromatic nitrogens is 1. The third-order valence-electron chi connectivity index (χ3n) is 3.57. The van der Waals surface area contributed by atoms with Gasteiger partial charge in [-0.25, -0.2) is 17.5 Å². The zero-order chi connectivity index (χ0) is 18.2. The molecule has 0 atom stereocenters. The minimum Gasteiger partial charge on any atom is -0.408 e. The first kappa shape index (κ1) is 16.9. The minimum absolute atomic E-state index is 0.101. The van der Waals surface area contributed by atoms with Crippen molar-refractivity contribution < 1.29 is 17.6 Å². The van der Waals surface area contributed by atoms with Crippen LogP contribution in [0.5, 0.6) is 0 Å². The van der Waals surface area contributed by atoms with Gasteiger partial charge in [0.1, 0.15) is 0 Å². The number of hydrogen-bond donors (Lipinski definition) is 2. The number of carbonyl (C=O) groups is 1. The second-order valence-corrected chi connectivity index (χ2v) is 7.64. The fourth-order valence-corrected chi connectivity index (χ4v) is 3.12. The minimum atomic E-state index is -3.54. The number of fused-ring (bicyclic) bond motifs is 1. The van der Waals surface area contributed by atoms with Gasteiger partial charge in [-0.3, -0.25) is 9.78 Å². The van der Waals surface area contributed by atoms with Crippen LogP contribution in [-0.4, -0.2) is 37.7 Å². The number of benzene rings is 2. The molecule has 25 heavy (non-hydrogen) atoms. The lowest BCUT2D eigenvalue weighted by atomic mass is 10.2. The molecule has 0 aliphatic carbocycles. The highest BCUT2D eigenvalue weighted by atomic mass is 32.2. The molecule has 0 aliphatic rings. The van der Waals surface area contributed by atoms with Crippen LogP contribution in [0.15, 0.2) is 56.6 Å². The number of anilines is 1. The molecular weight excluding hydrogens is 346 g/mol. The summed E-state index contributed by atoms with van der Waals surface area (Å²) in [7, 11) is -0.672. The number of nitrogens with one attached hydrogen (secondary N) is 2. The zero-order valence-corrected chi connectivity index (χ0v) is 14.3. The molecule has 2 N–H and O–H groups in total. The molecular formula is C16H15N3O5S. The first-order valence-electron chi connectivity index (χ1n) is 7.24. The number of carbonyl (C=O) groups excluding carboxylic acids is 1. The lowest BCUT2D eigenvalue weighted by Gasteiger charge is -2.11. The molecule has 0 saturated carbocycles. The highest BCUT2D eigenvalue weighted by Crippen LogP contribution is 2.18. The molecule has 0 spiro atoms. The molecule has 3 rings (SSSR count). The summed E-state index contributed by atoms with van der Waals surface area (Å²) >= 11 is 0. The second-order valence-electron chi connectivity index (χ2n) is 5.49. The Kier molecular flexibility index (Phi) is 4.19. The van der Waals surface area contributed by atoms with Gasteiger partial charge < -0.3 is 9.73 Å². The van der Waals surface area contributed by atoms with Crippen molar-refractivity contribution >= 4 is 32.7 Å². The smallest absolute Gasteiger partial charge is 0.408 e. The highest BCUT2D eigenvalue weighted by molar-refractivity contribution is 7.89. The average molecular weight is 361 g/mol. The van der Waals surface area contributed by atoms with E-state index in [-0.39, 0.29) is 4.90 Å². The molecule has 0 radical (unpaired) electrons. The second kappa shape index (κ2) is 6.19. The van der Waals surface area contributed by atoms with Gasteiger partial charge in [-0.15, -0.1) is 0 Å². The van der Waals surface area contributed by atoms with E-state index in [9.17, 15) is 18.0 Å². The third kappa shape index (κ3) is 3.32. The molecule has 0 bridgehead atoms. The number of hydrogen-bond acceptors (Lipinski definition) is 5. The molecule has 8 nitrogen and oxygen atoms in total. The van der Waals surface area contributed by atoms with Crippen LogP contribution in [0.3, 0.4) is 0 Å². The summed E-state index contributed by atoms with van der Waals surface area (Å²) < 4.78 is 30.1. The van der Waals surface area contributed by atoms with Gasteiger partial charge in [0, 0.05) is 31.4 Å². The van der Waals surface area contributed by atoms with Crippen molar-refractivity contribution in [2.75, 3.05) is 19.4 Å². The van der Waals surface area contributed by atoms with Crippen LogP contribution < -0.4 is 11.1 Å². The maximum absolute atomic E-state index is 12.3. The van der Waals surface area contributed by atoms with E-state index in [1.54, 1.807) is 12.1 Å². The van der Waals surface area contributed by atoms with Crippen molar-refractivity contribution in [3.8, 4) is 0 Å². The Labute approximate surface area is 143 Å². The Morgan fingerprint density at radius 2 is 1.80 bits per heavy atom. The molecule has 1 heterocycles. The van der Waals surface area contributed by atoms with Gasteiger partial charge in [-0.1, -0.05) is 0 Å². The molecule has 130 valence electrons. The Morgan fingerprint density at radius 3 is 2.44 bits per heavy atom. The van der Waals surface area contributed by atoms with E-state index in [2.05, 4.69) is 10.3 Å². The fourth-order valence-electron chi connectivity index (χ4n) is 2.22. The van der Waals surface area contributed by atoms with E-state index in [4.69, 9.17) is 4.42 Å². The first-order valence-corrected chi connectivity index (χ1v) is 8.68. The summed E-state index contributed by atoms with van der Waals surface area (Å²) in [4.78, 5) is 26.0. The molecule has 0 unspecified atom stereocenters. The van der Waals surface area contributed by atoms with E-state index in [0.717, 1.165) is 4.31 Å². The van der Waals surface area contributed by atoms with Gasteiger partial charge in [0.15, 0.2) is 5.58 Å². The topological polar surface area (TPSA) is 112 Å². The van der Waals surface area contributed by atoms with Crippen molar-refractivity contribution in [1.82, 2.24) is 9.29 Å². The zero-order valence-electron chi connectivity index (χ0n) is 13.4. The predicted octanol–water partition coefficient (Wildman–Crippen LogP) is 1.62. The van der Waals surface area contributed by atoms with Crippen LogP contribution in [0.4, 0.5) is 5.69 Å². The van der Waals surface area contributed by atoms with Crippen molar-refractivity contribution in [1.29, 1.82) is 0 Å². The lowest BCUT2D eigenvalue weighted by molar-refractivity contribution is 0.102. The number of aromatic amines is 1. The SMILES string of the molecule is CN(C)S(=O)(=O)c1ccc(C(=O)Nc2ccc3[nH]c(=O)oc3c2)cc1. The standard InChI is InChI=1S/C16H15N3O5S/c1-19(2)25(22,23)12-6-3-10(4-7-12)15(20)17-11-5-8-13-14(9-11)24-16(21)18-13/h3-9H,1-2H3,(H,17,20)(H,18,21). The number of H-pyrrole nitrogens is 1. The van der Waals surface area contributed by atoms with Crippen LogP contribution in [0.1, 0.15) is 10.4 Å². The lowest BCUT2D eigenvalue weighted by Crippen LogP contribution is -2.22. The monoisotopic (exact) mass is 361 g/mol. The van der Waals surface area contributed by atoms with Crippen molar-refractivity contribution in [2.45, 2.75) is 4.90 Å². The van der Waals surface area contributed by atoms with Gasteiger partial charge in [-0.2, -0.15) is 0 Å². The summed E-state index contributed by atoms with van der Waals surface area (Å²) in [5, 5.41) is 2.67. The molecule has 1 amide bonds. The number of sulfonamides is 1. The van der Waals surface area contributed by atoms with Crippen molar-refractivity contribution in [2.24, 2.45) is 0 Å². The summed E-state index contributed by atoms with van der Waals surface area (Å²) in [6.07, 6.45) is 0. The third-order valence-corrected chi connectivity index (χ3v) is 5.40. The van der Waals surface area contributed by atoms with E-state index in [0.29, 0.717) is 22.4 Å². The van der Waals surface area contributed by atoms with E-state index < -0.39 is 21.7 Å². The normalized spacial score (nSPS) is 11.8. The summed E-state index contributed by atoms with van der Waals surface area (Å²) in [6, 6.07) is 10.4. The Hall–Kier alpha value is -2.91. The van der Waals surface area contributed by atoms with Crippen LogP contribution >= 0.6 is 0 Å². The summed E-state index contributed by atoms with van der Waals surface area (Å²) in [5.74, 6) is -0.984. The van der Waals surface area contributed by atoms with Gasteiger partial charge in [-0.05, 0) is 36.4 Å². The highest BCUT2D eigenvalue weighted by Gasteiger charge is 2.17. The Balaban J connectivity index is 1.81. The quantitative estimate of drug-likeness (QED) is 0.733. The molecule has 0 saturated heterocycles. The number of amides is 1. The average Bonchev–Trinajstić information content (AvgIpc) is 2.94. The van der Waals surface area contributed by atoms with Gasteiger partial charge in [0.25, 0.3) is 5.91 Å². The number of rotatable bonds is 4. The summed E-state index contributed by atoms with van der Waals surface area (Å²) in [5.41, 5.74) is 1.61. The molecule has 1 aromatic heterocycles. The largest absolute Gasteiger partial charge is 0.417 e. The van der Waals surface area contributed by atoms with E-state index >= 15 is 0 Å².